The largest absolute Gasteiger partial charge is 0.455 e. The van der Waals surface area contributed by atoms with E-state index in [0.29, 0.717) is 11.4 Å². The third-order valence-corrected chi connectivity index (χ3v) is 4.90. The Morgan fingerprint density at radius 2 is 1.89 bits per heavy atom. The van der Waals surface area contributed by atoms with Gasteiger partial charge in [0, 0.05) is 12.5 Å². The van der Waals surface area contributed by atoms with Crippen LogP contribution < -0.4 is 10.2 Å². The molecule has 6 heteroatoms. The quantitative estimate of drug-likeness (QED) is 0.827. The maximum atomic E-state index is 12.8. The Morgan fingerprint density at radius 3 is 2.64 bits per heavy atom. The number of rotatable bonds is 4. The molecule has 0 aliphatic carbocycles. The average Bonchev–Trinajstić information content (AvgIpc) is 2.77. The van der Waals surface area contributed by atoms with Crippen molar-refractivity contribution in [2.24, 2.45) is 0 Å². The van der Waals surface area contributed by atoms with Gasteiger partial charge in [0.25, 0.3) is 5.91 Å². The van der Waals surface area contributed by atoms with Gasteiger partial charge in [-0.25, -0.2) is 0 Å². The molecular formula is C22H24N2O4. The lowest BCUT2D eigenvalue weighted by atomic mass is 10.0. The molecule has 2 amide bonds. The van der Waals surface area contributed by atoms with Gasteiger partial charge in [0.1, 0.15) is 0 Å². The zero-order chi connectivity index (χ0) is 20.3. The van der Waals surface area contributed by atoms with Gasteiger partial charge in [-0.2, -0.15) is 0 Å². The molecule has 0 unspecified atom stereocenters. The van der Waals surface area contributed by atoms with Gasteiger partial charge >= 0.3 is 5.97 Å². The standard InChI is InChI=1S/C22H24N2O4/c1-14-8-9-17(10-15(14)2)12-22(27)28-13-21(26)24-16(3)11-20(25)23-18-6-4-5-7-19(18)24/h4-10,16H,11-13H2,1-3H3,(H,23,25)/t16-/m0/s1. The Morgan fingerprint density at radius 1 is 1.14 bits per heavy atom. The number of aryl methyl sites for hydroxylation is 2. The van der Waals surface area contributed by atoms with E-state index in [4.69, 9.17) is 4.74 Å². The summed E-state index contributed by atoms with van der Waals surface area (Å²) in [7, 11) is 0. The topological polar surface area (TPSA) is 75.7 Å². The molecule has 2 aromatic carbocycles. The van der Waals surface area contributed by atoms with Crippen LogP contribution in [0.15, 0.2) is 42.5 Å². The van der Waals surface area contributed by atoms with Crippen molar-refractivity contribution in [3.05, 3.63) is 59.2 Å². The van der Waals surface area contributed by atoms with Crippen molar-refractivity contribution in [3.63, 3.8) is 0 Å². The molecule has 146 valence electrons. The molecule has 0 saturated carbocycles. The Labute approximate surface area is 164 Å². The smallest absolute Gasteiger partial charge is 0.310 e. The number of nitrogens with one attached hydrogen (secondary N) is 1. The van der Waals surface area contributed by atoms with Gasteiger partial charge in [-0.1, -0.05) is 30.3 Å². The number of para-hydroxylation sites is 2. The number of esters is 1. The lowest BCUT2D eigenvalue weighted by Gasteiger charge is -2.27. The van der Waals surface area contributed by atoms with E-state index in [2.05, 4.69) is 5.32 Å². The van der Waals surface area contributed by atoms with Crippen molar-refractivity contribution < 1.29 is 19.1 Å². The number of fused-ring (bicyclic) bond motifs is 1. The number of carbonyl (C=O) groups excluding carboxylic acids is 3. The summed E-state index contributed by atoms with van der Waals surface area (Å²) >= 11 is 0. The minimum Gasteiger partial charge on any atom is -0.455 e. The molecule has 0 radical (unpaired) electrons. The van der Waals surface area contributed by atoms with Gasteiger partial charge in [-0.05, 0) is 49.6 Å². The van der Waals surface area contributed by atoms with Crippen LogP contribution in [0.4, 0.5) is 11.4 Å². The van der Waals surface area contributed by atoms with Crippen LogP contribution in [0.3, 0.4) is 0 Å². The lowest BCUT2D eigenvalue weighted by Crippen LogP contribution is -2.41. The Balaban J connectivity index is 1.67. The second-order valence-corrected chi connectivity index (χ2v) is 7.14. The van der Waals surface area contributed by atoms with E-state index in [1.54, 1.807) is 31.2 Å². The number of hydrogen-bond donors (Lipinski definition) is 1. The zero-order valence-electron chi connectivity index (χ0n) is 16.3. The van der Waals surface area contributed by atoms with E-state index in [9.17, 15) is 14.4 Å². The van der Waals surface area contributed by atoms with E-state index in [1.807, 2.05) is 32.0 Å². The fourth-order valence-corrected chi connectivity index (χ4v) is 3.31. The van der Waals surface area contributed by atoms with E-state index in [0.717, 1.165) is 16.7 Å². The minimum atomic E-state index is -0.457. The Kier molecular flexibility index (Phi) is 5.78. The fourth-order valence-electron chi connectivity index (χ4n) is 3.31. The monoisotopic (exact) mass is 380 g/mol. The normalized spacial score (nSPS) is 16.0. The third-order valence-electron chi connectivity index (χ3n) is 4.90. The van der Waals surface area contributed by atoms with E-state index < -0.39 is 5.97 Å². The lowest BCUT2D eigenvalue weighted by molar-refractivity contribution is -0.147. The summed E-state index contributed by atoms with van der Waals surface area (Å²) in [6.07, 6.45) is 0.289. The highest BCUT2D eigenvalue weighted by molar-refractivity contribution is 6.05. The van der Waals surface area contributed by atoms with Crippen molar-refractivity contribution in [3.8, 4) is 0 Å². The van der Waals surface area contributed by atoms with E-state index in [1.165, 1.54) is 4.90 Å². The second kappa shape index (κ2) is 8.25. The molecule has 0 fully saturated rings. The van der Waals surface area contributed by atoms with Crippen molar-refractivity contribution >= 4 is 29.2 Å². The van der Waals surface area contributed by atoms with Crippen molar-refractivity contribution in [1.82, 2.24) is 0 Å². The first-order valence-corrected chi connectivity index (χ1v) is 9.28. The molecule has 1 N–H and O–H groups in total. The first-order valence-electron chi connectivity index (χ1n) is 9.28. The number of anilines is 2. The summed E-state index contributed by atoms with van der Waals surface area (Å²) < 4.78 is 5.23. The molecular weight excluding hydrogens is 356 g/mol. The van der Waals surface area contributed by atoms with Crippen LogP contribution in [0, 0.1) is 13.8 Å². The number of carbonyl (C=O) groups is 3. The van der Waals surface area contributed by atoms with Gasteiger partial charge in [0.2, 0.25) is 5.91 Å². The Hall–Kier alpha value is -3.15. The van der Waals surface area contributed by atoms with Gasteiger partial charge in [0.15, 0.2) is 6.61 Å². The molecule has 0 saturated heterocycles. The minimum absolute atomic E-state index is 0.112. The molecule has 1 aliphatic heterocycles. The molecule has 0 spiro atoms. The molecule has 28 heavy (non-hydrogen) atoms. The predicted molar refractivity (Wildman–Crippen MR) is 107 cm³/mol. The molecule has 1 aliphatic rings. The van der Waals surface area contributed by atoms with Crippen LogP contribution in [0.2, 0.25) is 0 Å². The molecule has 2 aromatic rings. The summed E-state index contributed by atoms with van der Waals surface area (Å²) in [5.74, 6) is -0.964. The van der Waals surface area contributed by atoms with E-state index in [-0.39, 0.29) is 37.3 Å². The summed E-state index contributed by atoms with van der Waals surface area (Å²) in [6, 6.07) is 12.6. The van der Waals surface area contributed by atoms with Crippen LogP contribution in [0.1, 0.15) is 30.0 Å². The number of nitrogens with zero attached hydrogens (tertiary/aromatic N) is 1. The van der Waals surface area contributed by atoms with Gasteiger partial charge in [-0.15, -0.1) is 0 Å². The summed E-state index contributed by atoms with van der Waals surface area (Å²) in [5, 5.41) is 2.80. The molecule has 1 heterocycles. The highest BCUT2D eigenvalue weighted by atomic mass is 16.5. The molecule has 0 aromatic heterocycles. The number of hydrogen-bond acceptors (Lipinski definition) is 4. The second-order valence-electron chi connectivity index (χ2n) is 7.14. The summed E-state index contributed by atoms with van der Waals surface area (Å²) in [4.78, 5) is 38.5. The van der Waals surface area contributed by atoms with Crippen LogP contribution in [0.25, 0.3) is 0 Å². The maximum absolute atomic E-state index is 12.8. The average molecular weight is 380 g/mol. The van der Waals surface area contributed by atoms with Crippen LogP contribution in [-0.2, 0) is 25.5 Å². The first kappa shape index (κ1) is 19.6. The summed E-state index contributed by atoms with van der Waals surface area (Å²) in [6.45, 7) is 5.43. The van der Waals surface area contributed by atoms with Gasteiger partial charge in [0.05, 0.1) is 17.8 Å². The number of benzene rings is 2. The zero-order valence-corrected chi connectivity index (χ0v) is 16.3. The van der Waals surface area contributed by atoms with Crippen molar-refractivity contribution in [2.45, 2.75) is 39.7 Å². The SMILES string of the molecule is Cc1ccc(CC(=O)OCC(=O)N2c3ccccc3NC(=O)C[C@@H]2C)cc1C. The predicted octanol–water partition coefficient (Wildman–Crippen LogP) is 3.15. The van der Waals surface area contributed by atoms with Gasteiger partial charge in [-0.3, -0.25) is 14.4 Å². The number of amides is 2. The highest BCUT2D eigenvalue weighted by Gasteiger charge is 2.30. The fraction of sp³-hybridized carbons (Fsp3) is 0.318. The van der Waals surface area contributed by atoms with E-state index >= 15 is 0 Å². The maximum Gasteiger partial charge on any atom is 0.310 e. The van der Waals surface area contributed by atoms with Crippen LogP contribution in [0.5, 0.6) is 0 Å². The van der Waals surface area contributed by atoms with Crippen LogP contribution >= 0.6 is 0 Å². The van der Waals surface area contributed by atoms with Gasteiger partial charge < -0.3 is 15.0 Å². The molecule has 1 atom stereocenters. The summed E-state index contributed by atoms with van der Waals surface area (Å²) in [5.41, 5.74) is 4.30. The highest BCUT2D eigenvalue weighted by Crippen LogP contribution is 2.31. The molecule has 0 bridgehead atoms. The Bertz CT molecular complexity index is 923. The molecule has 6 nitrogen and oxygen atoms in total. The number of ether oxygens (including phenoxy) is 1. The first-order chi connectivity index (χ1) is 13.3. The van der Waals surface area contributed by atoms with Crippen LogP contribution in [-0.4, -0.2) is 30.4 Å². The van der Waals surface area contributed by atoms with Crippen molar-refractivity contribution in [1.29, 1.82) is 0 Å². The third kappa shape index (κ3) is 4.39. The van der Waals surface area contributed by atoms with Crippen molar-refractivity contribution in [2.75, 3.05) is 16.8 Å². The molecule has 3 rings (SSSR count).